The smallest absolute Gasteiger partial charge is 0.160 e. The molecule has 0 fully saturated rings. The molecule has 0 bridgehead atoms. The van der Waals surface area contributed by atoms with E-state index in [9.17, 15) is 5.11 Å². The molecule has 102 valence electrons. The number of phenolic OH excluding ortho intramolecular Hbond substituents is 1. The molecular formula is C15H19NO2S. The molecule has 0 spiro atoms. The van der Waals surface area contributed by atoms with Gasteiger partial charge in [-0.3, -0.25) is 0 Å². The number of ether oxygens (including phenoxy) is 1. The van der Waals surface area contributed by atoms with Crippen molar-refractivity contribution >= 4 is 17.0 Å². The van der Waals surface area contributed by atoms with Crippen LogP contribution in [0.1, 0.15) is 28.3 Å². The van der Waals surface area contributed by atoms with E-state index in [0.717, 1.165) is 5.69 Å². The number of phenols is 1. The third-order valence-electron chi connectivity index (χ3n) is 3.11. The topological polar surface area (TPSA) is 41.5 Å². The quantitative estimate of drug-likeness (QED) is 0.877. The zero-order valence-corrected chi connectivity index (χ0v) is 12.5. The normalized spacial score (nSPS) is 12.2. The van der Waals surface area contributed by atoms with Gasteiger partial charge in [0.2, 0.25) is 0 Å². The summed E-state index contributed by atoms with van der Waals surface area (Å²) < 4.78 is 5.04. The van der Waals surface area contributed by atoms with Crippen LogP contribution in [-0.2, 0) is 0 Å². The average molecular weight is 277 g/mol. The molecule has 0 aliphatic rings. The molecule has 19 heavy (non-hydrogen) atoms. The predicted octanol–water partition coefficient (Wildman–Crippen LogP) is 4.25. The monoisotopic (exact) mass is 277 g/mol. The van der Waals surface area contributed by atoms with Crippen LogP contribution in [0.3, 0.4) is 0 Å². The Morgan fingerprint density at radius 2 is 2.00 bits per heavy atom. The summed E-state index contributed by atoms with van der Waals surface area (Å²) in [6.45, 7) is 6.37. The minimum absolute atomic E-state index is 0.151. The van der Waals surface area contributed by atoms with Crippen molar-refractivity contribution in [2.45, 2.75) is 26.8 Å². The van der Waals surface area contributed by atoms with E-state index in [1.807, 2.05) is 17.4 Å². The molecule has 0 radical (unpaired) electrons. The maximum absolute atomic E-state index is 9.77. The molecule has 0 aliphatic carbocycles. The zero-order chi connectivity index (χ0) is 14.0. The van der Waals surface area contributed by atoms with Gasteiger partial charge in [-0.05, 0) is 44.5 Å². The molecule has 4 heteroatoms. The summed E-state index contributed by atoms with van der Waals surface area (Å²) in [5.74, 6) is 0.638. The van der Waals surface area contributed by atoms with Gasteiger partial charge in [0.25, 0.3) is 0 Å². The summed E-state index contributed by atoms with van der Waals surface area (Å²) in [6, 6.07) is 7.77. The number of aryl methyl sites for hydroxylation is 2. The first kappa shape index (κ1) is 13.7. The van der Waals surface area contributed by atoms with Gasteiger partial charge in [0.1, 0.15) is 0 Å². The van der Waals surface area contributed by atoms with E-state index in [1.54, 1.807) is 19.2 Å². The number of thiophene rings is 1. The summed E-state index contributed by atoms with van der Waals surface area (Å²) in [6.07, 6.45) is 0. The van der Waals surface area contributed by atoms with Crippen molar-refractivity contribution in [1.82, 2.24) is 0 Å². The Hall–Kier alpha value is -1.68. The largest absolute Gasteiger partial charge is 0.504 e. The van der Waals surface area contributed by atoms with Gasteiger partial charge in [-0.15, -0.1) is 11.3 Å². The summed E-state index contributed by atoms with van der Waals surface area (Å²) in [4.78, 5) is 2.65. The Bertz CT molecular complexity index is 578. The predicted molar refractivity (Wildman–Crippen MR) is 80.5 cm³/mol. The van der Waals surface area contributed by atoms with Crippen molar-refractivity contribution in [3.63, 3.8) is 0 Å². The summed E-state index contributed by atoms with van der Waals surface area (Å²) in [5, 5.41) is 13.2. The Kier molecular flexibility index (Phi) is 4.00. The van der Waals surface area contributed by atoms with Gasteiger partial charge in [0.05, 0.1) is 7.11 Å². The van der Waals surface area contributed by atoms with Crippen molar-refractivity contribution in [1.29, 1.82) is 0 Å². The molecule has 2 aromatic rings. The van der Waals surface area contributed by atoms with Crippen LogP contribution in [0.15, 0.2) is 24.3 Å². The number of nitrogens with one attached hydrogen (secondary N) is 1. The fourth-order valence-corrected chi connectivity index (χ4v) is 3.21. The van der Waals surface area contributed by atoms with Crippen LogP contribution in [0.5, 0.6) is 11.5 Å². The average Bonchev–Trinajstić information content (AvgIpc) is 2.69. The van der Waals surface area contributed by atoms with E-state index in [0.29, 0.717) is 5.75 Å². The van der Waals surface area contributed by atoms with Gasteiger partial charge < -0.3 is 15.2 Å². The standard InChI is InChI=1S/C15H19NO2S/c1-9-7-13(11(3)19-9)10(2)16-12-5-6-15(18-4)14(17)8-12/h5-8,10,16-17H,1-4H3. The molecular weight excluding hydrogens is 258 g/mol. The number of rotatable bonds is 4. The number of methoxy groups -OCH3 is 1. The number of anilines is 1. The van der Waals surface area contributed by atoms with Crippen molar-refractivity contribution < 1.29 is 9.84 Å². The second-order valence-electron chi connectivity index (χ2n) is 4.62. The lowest BCUT2D eigenvalue weighted by molar-refractivity contribution is 0.373. The maximum Gasteiger partial charge on any atom is 0.160 e. The molecule has 1 atom stereocenters. The van der Waals surface area contributed by atoms with Gasteiger partial charge in [0.15, 0.2) is 11.5 Å². The van der Waals surface area contributed by atoms with Gasteiger partial charge in [-0.25, -0.2) is 0 Å². The van der Waals surface area contributed by atoms with Crippen LogP contribution >= 0.6 is 11.3 Å². The highest BCUT2D eigenvalue weighted by molar-refractivity contribution is 7.12. The van der Waals surface area contributed by atoms with Gasteiger partial charge in [0, 0.05) is 27.5 Å². The van der Waals surface area contributed by atoms with Gasteiger partial charge in [-0.1, -0.05) is 0 Å². The third kappa shape index (κ3) is 3.01. The van der Waals surface area contributed by atoms with Crippen LogP contribution in [0.25, 0.3) is 0 Å². The SMILES string of the molecule is COc1ccc(NC(C)c2cc(C)sc2C)cc1O. The zero-order valence-electron chi connectivity index (χ0n) is 11.7. The highest BCUT2D eigenvalue weighted by Crippen LogP contribution is 2.32. The van der Waals surface area contributed by atoms with E-state index in [1.165, 1.54) is 15.3 Å². The Balaban J connectivity index is 2.17. The number of hydrogen-bond acceptors (Lipinski definition) is 4. The molecule has 2 rings (SSSR count). The summed E-state index contributed by atoms with van der Waals surface area (Å²) in [7, 11) is 1.54. The number of hydrogen-bond donors (Lipinski definition) is 2. The van der Waals surface area contributed by atoms with Crippen LogP contribution in [0, 0.1) is 13.8 Å². The molecule has 1 aromatic heterocycles. The first-order chi connectivity index (χ1) is 9.01. The molecule has 0 amide bonds. The number of aromatic hydroxyl groups is 1. The van der Waals surface area contributed by atoms with E-state index in [2.05, 4.69) is 32.2 Å². The lowest BCUT2D eigenvalue weighted by Crippen LogP contribution is -2.06. The Morgan fingerprint density at radius 1 is 1.26 bits per heavy atom. The van der Waals surface area contributed by atoms with Gasteiger partial charge in [-0.2, -0.15) is 0 Å². The van der Waals surface area contributed by atoms with Crippen molar-refractivity contribution in [2.24, 2.45) is 0 Å². The molecule has 0 saturated heterocycles. The van der Waals surface area contributed by atoms with E-state index in [4.69, 9.17) is 4.74 Å². The minimum atomic E-state index is 0.151. The Morgan fingerprint density at radius 3 is 2.53 bits per heavy atom. The van der Waals surface area contributed by atoms with Crippen LogP contribution in [-0.4, -0.2) is 12.2 Å². The van der Waals surface area contributed by atoms with E-state index < -0.39 is 0 Å². The minimum Gasteiger partial charge on any atom is -0.504 e. The molecule has 2 N–H and O–H groups in total. The van der Waals surface area contributed by atoms with E-state index in [-0.39, 0.29) is 11.8 Å². The van der Waals surface area contributed by atoms with Gasteiger partial charge >= 0.3 is 0 Å². The van der Waals surface area contributed by atoms with Crippen LogP contribution in [0.2, 0.25) is 0 Å². The molecule has 1 heterocycles. The molecule has 1 aromatic carbocycles. The third-order valence-corrected chi connectivity index (χ3v) is 4.09. The molecule has 3 nitrogen and oxygen atoms in total. The maximum atomic E-state index is 9.77. The fourth-order valence-electron chi connectivity index (χ4n) is 2.19. The summed E-state index contributed by atoms with van der Waals surface area (Å²) >= 11 is 1.81. The molecule has 1 unspecified atom stereocenters. The second-order valence-corrected chi connectivity index (χ2v) is 6.08. The number of benzene rings is 1. The molecule has 0 aliphatic heterocycles. The van der Waals surface area contributed by atoms with E-state index >= 15 is 0 Å². The lowest BCUT2D eigenvalue weighted by Gasteiger charge is -2.16. The first-order valence-corrected chi connectivity index (χ1v) is 7.03. The second kappa shape index (κ2) is 5.53. The first-order valence-electron chi connectivity index (χ1n) is 6.21. The fraction of sp³-hybridized carbons (Fsp3) is 0.333. The highest BCUT2D eigenvalue weighted by Gasteiger charge is 2.12. The summed E-state index contributed by atoms with van der Waals surface area (Å²) in [5.41, 5.74) is 2.19. The van der Waals surface area contributed by atoms with Crippen molar-refractivity contribution in [3.05, 3.63) is 39.6 Å². The molecule has 0 saturated carbocycles. The van der Waals surface area contributed by atoms with Crippen LogP contribution in [0.4, 0.5) is 5.69 Å². The van der Waals surface area contributed by atoms with Crippen molar-refractivity contribution in [3.8, 4) is 11.5 Å². The van der Waals surface area contributed by atoms with Crippen LogP contribution < -0.4 is 10.1 Å². The lowest BCUT2D eigenvalue weighted by atomic mass is 10.1. The Labute approximate surface area is 117 Å². The van der Waals surface area contributed by atoms with Crippen molar-refractivity contribution in [2.75, 3.05) is 12.4 Å². The highest BCUT2D eigenvalue weighted by atomic mass is 32.1.